The van der Waals surface area contributed by atoms with E-state index >= 15 is 0 Å². The van der Waals surface area contributed by atoms with E-state index in [0.29, 0.717) is 18.1 Å². The number of hydrogen-bond acceptors (Lipinski definition) is 4. The van der Waals surface area contributed by atoms with Gasteiger partial charge in [0.05, 0.1) is 24.0 Å². The molecule has 0 unspecified atom stereocenters. The first-order chi connectivity index (χ1) is 16.6. The Morgan fingerprint density at radius 1 is 1.15 bits per heavy atom. The van der Waals surface area contributed by atoms with Crippen LogP contribution in [0.3, 0.4) is 0 Å². The number of benzene rings is 2. The largest absolute Gasteiger partial charge is 0.383 e. The van der Waals surface area contributed by atoms with E-state index in [1.165, 1.54) is 17.7 Å². The Kier molecular flexibility index (Phi) is 6.60. The number of nitrogens with one attached hydrogen (secondary N) is 2. The molecule has 1 aliphatic heterocycles. The molecular weight excluding hydrogens is 433 g/mol. The highest BCUT2D eigenvalue weighted by Crippen LogP contribution is 2.32. The third-order valence-electron chi connectivity index (χ3n) is 6.74. The van der Waals surface area contributed by atoms with Crippen molar-refractivity contribution < 1.29 is 13.9 Å². The monoisotopic (exact) mass is 463 g/mol. The summed E-state index contributed by atoms with van der Waals surface area (Å²) in [6, 6.07) is 16.3. The molecule has 0 saturated carbocycles. The Bertz CT molecular complexity index is 1150. The number of ether oxygens (including phenoxy) is 1. The number of carbonyl (C=O) groups excluding carboxylic acids is 1. The fourth-order valence-corrected chi connectivity index (χ4v) is 5.10. The zero-order chi connectivity index (χ0) is 23.5. The van der Waals surface area contributed by atoms with Crippen LogP contribution in [0.1, 0.15) is 29.2 Å². The van der Waals surface area contributed by atoms with Crippen LogP contribution in [0.2, 0.25) is 0 Å². The van der Waals surface area contributed by atoms with Crippen molar-refractivity contribution in [2.45, 2.75) is 31.2 Å². The van der Waals surface area contributed by atoms with Crippen LogP contribution in [-0.4, -0.2) is 60.1 Å². The van der Waals surface area contributed by atoms with Gasteiger partial charge in [-0.1, -0.05) is 36.4 Å². The van der Waals surface area contributed by atoms with Gasteiger partial charge in [0.25, 0.3) is 0 Å². The molecule has 0 radical (unpaired) electrons. The molecule has 1 aliphatic carbocycles. The molecule has 2 N–H and O–H groups in total. The van der Waals surface area contributed by atoms with Gasteiger partial charge in [-0.25, -0.2) is 13.9 Å². The molecule has 1 fully saturated rings. The fraction of sp³-hybridized carbons (Fsp3) is 0.385. The molecule has 8 heteroatoms. The molecule has 0 bridgehead atoms. The van der Waals surface area contributed by atoms with Crippen molar-refractivity contribution in [3.63, 3.8) is 0 Å². The van der Waals surface area contributed by atoms with Gasteiger partial charge >= 0.3 is 6.03 Å². The minimum Gasteiger partial charge on any atom is -0.383 e. The second kappa shape index (κ2) is 9.95. The van der Waals surface area contributed by atoms with Gasteiger partial charge in [-0.05, 0) is 43.0 Å². The first-order valence-corrected chi connectivity index (χ1v) is 11.8. The van der Waals surface area contributed by atoms with Crippen molar-refractivity contribution in [1.29, 1.82) is 0 Å². The number of fused-ring (bicyclic) bond motifs is 1. The van der Waals surface area contributed by atoms with Gasteiger partial charge in [0, 0.05) is 38.2 Å². The number of nitrogens with zero attached hydrogens (tertiary/aromatic N) is 3. The summed E-state index contributed by atoms with van der Waals surface area (Å²) in [5, 5.41) is 10.9. The van der Waals surface area contributed by atoms with E-state index in [1.807, 2.05) is 18.2 Å². The lowest BCUT2D eigenvalue weighted by Gasteiger charge is -2.21. The second-order valence-electron chi connectivity index (χ2n) is 8.99. The minimum absolute atomic E-state index is 0.0437. The van der Waals surface area contributed by atoms with Crippen molar-refractivity contribution in [3.05, 3.63) is 77.2 Å². The molecule has 2 atom stereocenters. The number of hydrogen-bond donors (Lipinski definition) is 2. The molecule has 2 aliphatic rings. The molecule has 7 nitrogen and oxygen atoms in total. The van der Waals surface area contributed by atoms with E-state index in [2.05, 4.69) is 32.8 Å². The summed E-state index contributed by atoms with van der Waals surface area (Å²) < 4.78 is 20.8. The predicted octanol–water partition coefficient (Wildman–Crippen LogP) is 3.74. The summed E-state index contributed by atoms with van der Waals surface area (Å²) in [4.78, 5) is 15.6. The summed E-state index contributed by atoms with van der Waals surface area (Å²) in [5.74, 6) is 0.472. The highest BCUT2D eigenvalue weighted by molar-refractivity contribution is 5.90. The topological polar surface area (TPSA) is 71.4 Å². The van der Waals surface area contributed by atoms with Gasteiger partial charge in [0.15, 0.2) is 0 Å². The molecule has 5 rings (SSSR count). The van der Waals surface area contributed by atoms with Crippen LogP contribution >= 0.6 is 0 Å². The van der Waals surface area contributed by atoms with E-state index in [1.54, 1.807) is 23.9 Å². The average molecular weight is 464 g/mol. The van der Waals surface area contributed by atoms with Crippen LogP contribution in [0.4, 0.5) is 15.0 Å². The third kappa shape index (κ3) is 4.69. The van der Waals surface area contributed by atoms with Gasteiger partial charge in [-0.2, -0.15) is 5.10 Å². The smallest absolute Gasteiger partial charge is 0.320 e. The lowest BCUT2D eigenvalue weighted by molar-refractivity contribution is 0.159. The lowest BCUT2D eigenvalue weighted by Crippen LogP contribution is -2.42. The van der Waals surface area contributed by atoms with Gasteiger partial charge in [-0.3, -0.25) is 10.2 Å². The molecule has 3 aromatic rings. The molecule has 1 saturated heterocycles. The average Bonchev–Trinajstić information content (AvgIpc) is 3.54. The zero-order valence-corrected chi connectivity index (χ0v) is 19.3. The summed E-state index contributed by atoms with van der Waals surface area (Å²) in [5.41, 5.74) is 3.80. The SMILES string of the molecule is COCCN1C[C@H](NC(=O)Nc2c3c(nn2-c2cccc(F)c2)CCC3)[C@@H](c2ccccc2)C1. The van der Waals surface area contributed by atoms with Gasteiger partial charge < -0.3 is 10.1 Å². The van der Waals surface area contributed by atoms with Crippen molar-refractivity contribution >= 4 is 11.8 Å². The van der Waals surface area contributed by atoms with Crippen LogP contribution < -0.4 is 10.6 Å². The number of methoxy groups -OCH3 is 1. The number of aryl methyl sites for hydroxylation is 1. The molecule has 178 valence electrons. The molecule has 0 spiro atoms. The van der Waals surface area contributed by atoms with Crippen LogP contribution in [0.5, 0.6) is 0 Å². The first-order valence-electron chi connectivity index (χ1n) is 11.8. The highest BCUT2D eigenvalue weighted by atomic mass is 19.1. The predicted molar refractivity (Wildman–Crippen MR) is 129 cm³/mol. The highest BCUT2D eigenvalue weighted by Gasteiger charge is 2.35. The molecule has 2 amide bonds. The molecular formula is C26H30FN5O2. The van der Waals surface area contributed by atoms with Crippen LogP contribution in [-0.2, 0) is 17.6 Å². The van der Waals surface area contributed by atoms with E-state index in [0.717, 1.165) is 50.2 Å². The summed E-state index contributed by atoms with van der Waals surface area (Å²) in [6.45, 7) is 3.07. The Morgan fingerprint density at radius 3 is 2.79 bits per heavy atom. The summed E-state index contributed by atoms with van der Waals surface area (Å²) in [6.07, 6.45) is 2.72. The normalized spacial score (nSPS) is 19.8. The van der Waals surface area contributed by atoms with Crippen molar-refractivity contribution in [1.82, 2.24) is 20.0 Å². The quantitative estimate of drug-likeness (QED) is 0.560. The number of amides is 2. The standard InChI is InChI=1S/C26H30FN5O2/c1-34-14-13-31-16-22(18-7-3-2-4-8-18)24(17-31)28-26(33)29-25-21-11-6-12-23(21)30-32(25)20-10-5-9-19(27)15-20/h2-5,7-10,15,22,24H,6,11-14,16-17H2,1H3,(H2,28,29,33)/t22-,24+/m1/s1. The maximum atomic E-state index is 13.9. The zero-order valence-electron chi connectivity index (χ0n) is 19.3. The Balaban J connectivity index is 1.36. The Labute approximate surface area is 198 Å². The van der Waals surface area contributed by atoms with E-state index < -0.39 is 0 Å². The lowest BCUT2D eigenvalue weighted by atomic mass is 9.94. The number of urea groups is 1. The molecule has 2 aromatic carbocycles. The van der Waals surface area contributed by atoms with Crippen LogP contribution in [0, 0.1) is 5.82 Å². The molecule has 34 heavy (non-hydrogen) atoms. The minimum atomic E-state index is -0.337. The van der Waals surface area contributed by atoms with Gasteiger partial charge in [0.1, 0.15) is 11.6 Å². The Hall–Kier alpha value is -3.23. The maximum absolute atomic E-state index is 13.9. The first kappa shape index (κ1) is 22.6. The van der Waals surface area contributed by atoms with E-state index in [-0.39, 0.29) is 23.8 Å². The molecule has 2 heterocycles. The summed E-state index contributed by atoms with van der Waals surface area (Å²) in [7, 11) is 1.70. The van der Waals surface area contributed by atoms with Crippen molar-refractivity contribution in [2.24, 2.45) is 0 Å². The van der Waals surface area contributed by atoms with Crippen molar-refractivity contribution in [2.75, 3.05) is 38.7 Å². The second-order valence-corrected chi connectivity index (χ2v) is 8.99. The van der Waals surface area contributed by atoms with Crippen molar-refractivity contribution in [3.8, 4) is 5.69 Å². The van der Waals surface area contributed by atoms with Gasteiger partial charge in [0.2, 0.25) is 0 Å². The fourth-order valence-electron chi connectivity index (χ4n) is 5.10. The molecule has 1 aromatic heterocycles. The van der Waals surface area contributed by atoms with E-state index in [9.17, 15) is 9.18 Å². The number of halogens is 1. The van der Waals surface area contributed by atoms with E-state index in [4.69, 9.17) is 4.74 Å². The van der Waals surface area contributed by atoms with Crippen LogP contribution in [0.25, 0.3) is 5.69 Å². The third-order valence-corrected chi connectivity index (χ3v) is 6.74. The maximum Gasteiger partial charge on any atom is 0.320 e. The number of carbonyl (C=O) groups is 1. The van der Waals surface area contributed by atoms with Crippen LogP contribution in [0.15, 0.2) is 54.6 Å². The number of aromatic nitrogens is 2. The number of rotatable bonds is 7. The number of likely N-dealkylation sites (tertiary alicyclic amines) is 1. The van der Waals surface area contributed by atoms with Gasteiger partial charge in [-0.15, -0.1) is 0 Å². The summed E-state index contributed by atoms with van der Waals surface area (Å²) >= 11 is 0. The Morgan fingerprint density at radius 2 is 2.00 bits per heavy atom. The number of anilines is 1.